The van der Waals surface area contributed by atoms with Crippen LogP contribution in [0.5, 0.6) is 0 Å². The number of rotatable bonds is 0. The SMILES string of the molecule is CC1(Br)C=CC=CC1C(F)(F)F. The summed E-state index contributed by atoms with van der Waals surface area (Å²) < 4.78 is 36.0. The smallest absolute Gasteiger partial charge is 0.170 e. The van der Waals surface area contributed by atoms with Crippen LogP contribution in [-0.4, -0.2) is 10.5 Å². The Labute approximate surface area is 77.3 Å². The van der Waals surface area contributed by atoms with Crippen LogP contribution in [0.25, 0.3) is 0 Å². The van der Waals surface area contributed by atoms with Crippen LogP contribution in [0.4, 0.5) is 13.2 Å². The third-order valence-electron chi connectivity index (χ3n) is 1.80. The highest BCUT2D eigenvalue weighted by Crippen LogP contribution is 2.42. The lowest BCUT2D eigenvalue weighted by atomic mass is 9.89. The minimum absolute atomic E-state index is 1.00. The van der Waals surface area contributed by atoms with Crippen molar-refractivity contribution in [2.75, 3.05) is 0 Å². The van der Waals surface area contributed by atoms with Crippen LogP contribution in [-0.2, 0) is 0 Å². The molecule has 0 saturated carbocycles. The molecule has 0 N–H and O–H groups in total. The average Bonchev–Trinajstić information content (AvgIpc) is 1.83. The first kappa shape index (κ1) is 9.84. The topological polar surface area (TPSA) is 0 Å². The molecule has 68 valence electrons. The van der Waals surface area contributed by atoms with Crippen molar-refractivity contribution in [1.82, 2.24) is 0 Å². The summed E-state index contributed by atoms with van der Waals surface area (Å²) in [5.41, 5.74) is 0. The maximum atomic E-state index is 12.3. The van der Waals surface area contributed by atoms with E-state index in [4.69, 9.17) is 0 Å². The van der Waals surface area contributed by atoms with Gasteiger partial charge in [0, 0.05) is 0 Å². The summed E-state index contributed by atoms with van der Waals surface area (Å²) in [5.74, 6) is -1.44. The molecule has 0 radical (unpaired) electrons. The van der Waals surface area contributed by atoms with E-state index in [9.17, 15) is 13.2 Å². The van der Waals surface area contributed by atoms with Crippen LogP contribution in [0, 0.1) is 5.92 Å². The fourth-order valence-electron chi connectivity index (χ4n) is 1.14. The van der Waals surface area contributed by atoms with Crippen molar-refractivity contribution in [3.8, 4) is 0 Å². The molecule has 0 fully saturated rings. The fraction of sp³-hybridized carbons (Fsp3) is 0.500. The molecule has 0 bridgehead atoms. The summed E-state index contributed by atoms with van der Waals surface area (Å²) in [5, 5.41) is 0. The zero-order valence-electron chi connectivity index (χ0n) is 6.40. The van der Waals surface area contributed by atoms with E-state index >= 15 is 0 Å². The number of allylic oxidation sites excluding steroid dienone is 4. The maximum Gasteiger partial charge on any atom is 0.396 e. The Bertz CT molecular complexity index is 225. The van der Waals surface area contributed by atoms with Crippen LogP contribution in [0.1, 0.15) is 6.92 Å². The summed E-state index contributed by atoms with van der Waals surface area (Å²) in [4.78, 5) is 0. The lowest BCUT2D eigenvalue weighted by Gasteiger charge is -2.30. The third kappa shape index (κ3) is 1.91. The van der Waals surface area contributed by atoms with Crippen LogP contribution in [0.3, 0.4) is 0 Å². The fourth-order valence-corrected chi connectivity index (χ4v) is 1.70. The van der Waals surface area contributed by atoms with Gasteiger partial charge in [-0.1, -0.05) is 40.2 Å². The molecule has 1 aliphatic rings. The van der Waals surface area contributed by atoms with Crippen molar-refractivity contribution in [2.45, 2.75) is 17.4 Å². The molecule has 2 atom stereocenters. The van der Waals surface area contributed by atoms with Gasteiger partial charge in [0.15, 0.2) is 0 Å². The normalized spacial score (nSPS) is 35.6. The van der Waals surface area contributed by atoms with Crippen molar-refractivity contribution < 1.29 is 13.2 Å². The Morgan fingerprint density at radius 3 is 2.25 bits per heavy atom. The predicted octanol–water partition coefficient (Wildman–Crippen LogP) is 3.44. The number of hydrogen-bond donors (Lipinski definition) is 0. The van der Waals surface area contributed by atoms with Crippen LogP contribution >= 0.6 is 15.9 Å². The average molecular weight is 241 g/mol. The van der Waals surface area contributed by atoms with E-state index < -0.39 is 16.4 Å². The highest BCUT2D eigenvalue weighted by atomic mass is 79.9. The number of hydrogen-bond acceptors (Lipinski definition) is 0. The Morgan fingerprint density at radius 2 is 1.92 bits per heavy atom. The van der Waals surface area contributed by atoms with Crippen LogP contribution in [0.15, 0.2) is 24.3 Å². The molecule has 0 amide bonds. The molecule has 2 unspecified atom stereocenters. The zero-order chi connectivity index (χ0) is 9.41. The predicted molar refractivity (Wildman–Crippen MR) is 45.2 cm³/mol. The molecule has 0 aliphatic heterocycles. The zero-order valence-corrected chi connectivity index (χ0v) is 7.98. The molecule has 0 nitrogen and oxygen atoms in total. The maximum absolute atomic E-state index is 12.3. The van der Waals surface area contributed by atoms with Gasteiger partial charge in [0.2, 0.25) is 0 Å². The molecular formula is C8H8BrF3. The van der Waals surface area contributed by atoms with E-state index in [2.05, 4.69) is 15.9 Å². The molecule has 1 rings (SSSR count). The van der Waals surface area contributed by atoms with E-state index in [0.29, 0.717) is 0 Å². The molecular weight excluding hydrogens is 233 g/mol. The van der Waals surface area contributed by atoms with Crippen molar-refractivity contribution in [2.24, 2.45) is 5.92 Å². The standard InChI is InChI=1S/C8H8BrF3/c1-7(9)5-3-2-4-6(7)8(10,11)12/h2-6H,1H3. The first-order chi connectivity index (χ1) is 5.34. The largest absolute Gasteiger partial charge is 0.396 e. The Kier molecular flexibility index (Phi) is 2.38. The van der Waals surface area contributed by atoms with Gasteiger partial charge in [-0.15, -0.1) is 0 Å². The van der Waals surface area contributed by atoms with Gasteiger partial charge in [-0.25, -0.2) is 0 Å². The van der Waals surface area contributed by atoms with Gasteiger partial charge in [-0.2, -0.15) is 13.2 Å². The molecule has 1 aliphatic carbocycles. The highest BCUT2D eigenvalue weighted by Gasteiger charge is 2.47. The highest BCUT2D eigenvalue weighted by molar-refractivity contribution is 9.10. The Hall–Kier alpha value is -0.250. The quantitative estimate of drug-likeness (QED) is 0.570. The molecule has 0 spiro atoms. The minimum Gasteiger partial charge on any atom is -0.170 e. The van der Waals surface area contributed by atoms with Crippen molar-refractivity contribution in [3.63, 3.8) is 0 Å². The lowest BCUT2D eigenvalue weighted by molar-refractivity contribution is -0.164. The molecule has 4 heteroatoms. The van der Waals surface area contributed by atoms with E-state index in [0.717, 1.165) is 6.08 Å². The molecule has 0 aromatic carbocycles. The van der Waals surface area contributed by atoms with Gasteiger partial charge in [-0.3, -0.25) is 0 Å². The van der Waals surface area contributed by atoms with E-state index in [1.54, 1.807) is 6.08 Å². The van der Waals surface area contributed by atoms with E-state index in [-0.39, 0.29) is 0 Å². The van der Waals surface area contributed by atoms with Gasteiger partial charge < -0.3 is 0 Å². The summed E-state index contributed by atoms with van der Waals surface area (Å²) in [6.07, 6.45) is 1.51. The minimum atomic E-state index is -4.18. The van der Waals surface area contributed by atoms with Gasteiger partial charge in [0.05, 0.1) is 10.2 Å². The second-order valence-electron chi connectivity index (χ2n) is 2.91. The monoisotopic (exact) mass is 240 g/mol. The molecule has 0 aromatic heterocycles. The summed E-state index contributed by atoms with van der Waals surface area (Å²) in [6, 6.07) is 0. The molecule has 0 saturated heterocycles. The molecule has 0 heterocycles. The second-order valence-corrected chi connectivity index (χ2v) is 4.62. The van der Waals surface area contributed by atoms with Gasteiger partial charge in [0.25, 0.3) is 0 Å². The van der Waals surface area contributed by atoms with Crippen molar-refractivity contribution >= 4 is 15.9 Å². The van der Waals surface area contributed by atoms with Gasteiger partial charge >= 0.3 is 6.18 Å². The molecule has 12 heavy (non-hydrogen) atoms. The van der Waals surface area contributed by atoms with Crippen molar-refractivity contribution in [1.29, 1.82) is 0 Å². The van der Waals surface area contributed by atoms with Crippen molar-refractivity contribution in [3.05, 3.63) is 24.3 Å². The van der Waals surface area contributed by atoms with E-state index in [1.165, 1.54) is 19.1 Å². The Balaban J connectivity index is 2.92. The number of halogens is 4. The lowest BCUT2D eigenvalue weighted by Crippen LogP contribution is -2.37. The third-order valence-corrected chi connectivity index (χ3v) is 2.56. The summed E-state index contributed by atoms with van der Waals surface area (Å²) in [7, 11) is 0. The number of alkyl halides is 4. The first-order valence-electron chi connectivity index (χ1n) is 3.46. The summed E-state index contributed by atoms with van der Waals surface area (Å²) >= 11 is 3.04. The Morgan fingerprint density at radius 1 is 1.33 bits per heavy atom. The van der Waals surface area contributed by atoms with Gasteiger partial charge in [-0.05, 0) is 6.92 Å². The molecule has 0 aromatic rings. The van der Waals surface area contributed by atoms with Crippen LogP contribution in [0.2, 0.25) is 0 Å². The first-order valence-corrected chi connectivity index (χ1v) is 4.25. The second kappa shape index (κ2) is 2.91. The van der Waals surface area contributed by atoms with Crippen LogP contribution < -0.4 is 0 Å². The van der Waals surface area contributed by atoms with Gasteiger partial charge in [0.1, 0.15) is 0 Å². The van der Waals surface area contributed by atoms with E-state index in [1.807, 2.05) is 0 Å². The summed E-state index contributed by atoms with van der Waals surface area (Å²) in [6.45, 7) is 1.51.